The van der Waals surface area contributed by atoms with Gasteiger partial charge in [-0.05, 0) is 31.2 Å². The molecule has 3 rings (SSSR count). The van der Waals surface area contributed by atoms with Gasteiger partial charge in [0.05, 0.1) is 13.2 Å². The van der Waals surface area contributed by atoms with E-state index < -0.39 is 21.6 Å². The molecule has 0 aliphatic rings. The number of aryl methyl sites for hydroxylation is 1. The van der Waals surface area contributed by atoms with E-state index in [9.17, 15) is 18.0 Å². The van der Waals surface area contributed by atoms with Crippen molar-refractivity contribution < 1.29 is 17.9 Å². The number of amides is 1. The summed E-state index contributed by atoms with van der Waals surface area (Å²) in [6.07, 6.45) is 2.71. The number of hydrogen-bond donors (Lipinski definition) is 1. The number of carbonyl (C=O) groups excluding carboxylic acids is 1. The minimum Gasteiger partial charge on any atom is -0.477 e. The molecule has 0 aliphatic heterocycles. The fraction of sp³-hybridized carbons (Fsp3) is 0.250. The van der Waals surface area contributed by atoms with E-state index in [4.69, 9.17) is 4.74 Å². The van der Waals surface area contributed by atoms with E-state index in [-0.39, 0.29) is 30.3 Å². The second kappa shape index (κ2) is 7.58. The van der Waals surface area contributed by atoms with Crippen molar-refractivity contribution in [1.82, 2.24) is 23.9 Å². The lowest BCUT2D eigenvalue weighted by Crippen LogP contribution is -2.32. The highest BCUT2D eigenvalue weighted by molar-refractivity contribution is 7.90. The summed E-state index contributed by atoms with van der Waals surface area (Å²) in [6, 6.07) is 7.79. The smallest absolute Gasteiger partial charge is 0.350 e. The van der Waals surface area contributed by atoms with Gasteiger partial charge in [-0.3, -0.25) is 9.20 Å². The van der Waals surface area contributed by atoms with Crippen molar-refractivity contribution in [3.05, 3.63) is 53.2 Å². The van der Waals surface area contributed by atoms with Crippen LogP contribution in [0.25, 0.3) is 5.65 Å². The number of pyridine rings is 2. The number of carbonyl (C=O) groups is 1. The molecule has 1 N–H and O–H groups in total. The lowest BCUT2D eigenvalue weighted by molar-refractivity contribution is -0.119. The predicted molar refractivity (Wildman–Crippen MR) is 94.8 cm³/mol. The number of rotatable bonds is 7. The summed E-state index contributed by atoms with van der Waals surface area (Å²) in [5, 5.41) is 4.08. The molecule has 0 fully saturated rings. The maximum absolute atomic E-state index is 12.4. The number of aromatic nitrogens is 4. The fourth-order valence-electron chi connectivity index (χ4n) is 2.40. The van der Waals surface area contributed by atoms with Crippen molar-refractivity contribution in [3.63, 3.8) is 0 Å². The van der Waals surface area contributed by atoms with E-state index >= 15 is 0 Å². The number of hydrogen-bond acceptors (Lipinski definition) is 7. The molecule has 27 heavy (non-hydrogen) atoms. The molecule has 10 nitrogen and oxygen atoms in total. The Kier molecular flexibility index (Phi) is 5.21. The molecule has 0 saturated heterocycles. The third kappa shape index (κ3) is 3.97. The molecule has 0 bridgehead atoms. The highest BCUT2D eigenvalue weighted by Crippen LogP contribution is 2.20. The Balaban J connectivity index is 1.71. The van der Waals surface area contributed by atoms with E-state index in [1.165, 1.54) is 22.7 Å². The largest absolute Gasteiger partial charge is 0.477 e. The minimum atomic E-state index is -4.15. The lowest BCUT2D eigenvalue weighted by Gasteiger charge is -2.10. The van der Waals surface area contributed by atoms with Crippen LogP contribution in [0.1, 0.15) is 13.3 Å². The zero-order chi connectivity index (χ0) is 19.4. The first-order chi connectivity index (χ1) is 12.9. The van der Waals surface area contributed by atoms with Crippen molar-refractivity contribution >= 4 is 21.6 Å². The Morgan fingerprint density at radius 1 is 1.26 bits per heavy atom. The summed E-state index contributed by atoms with van der Waals surface area (Å²) >= 11 is 0. The van der Waals surface area contributed by atoms with E-state index in [0.717, 1.165) is 4.68 Å². The van der Waals surface area contributed by atoms with Crippen LogP contribution in [0.3, 0.4) is 0 Å². The first-order valence-corrected chi connectivity index (χ1v) is 9.58. The third-order valence-corrected chi connectivity index (χ3v) is 4.98. The summed E-state index contributed by atoms with van der Waals surface area (Å²) in [7, 11) is -4.15. The molecule has 3 heterocycles. The van der Waals surface area contributed by atoms with E-state index in [2.05, 4.69) is 10.1 Å². The molecule has 0 aromatic carbocycles. The predicted octanol–water partition coefficient (Wildman–Crippen LogP) is 0.185. The van der Waals surface area contributed by atoms with E-state index in [0.29, 0.717) is 5.65 Å². The topological polar surface area (TPSA) is 125 Å². The lowest BCUT2D eigenvalue weighted by atomic mass is 10.4. The van der Waals surface area contributed by atoms with E-state index in [1.54, 1.807) is 31.3 Å². The van der Waals surface area contributed by atoms with Gasteiger partial charge < -0.3 is 4.74 Å². The number of fused-ring (bicyclic) bond motifs is 1. The quantitative estimate of drug-likeness (QED) is 0.609. The highest BCUT2D eigenvalue weighted by atomic mass is 32.2. The zero-order valence-electron chi connectivity index (χ0n) is 14.4. The van der Waals surface area contributed by atoms with Crippen molar-refractivity contribution in [1.29, 1.82) is 0 Å². The van der Waals surface area contributed by atoms with Crippen LogP contribution in [0.5, 0.6) is 5.88 Å². The molecule has 3 aromatic heterocycles. The van der Waals surface area contributed by atoms with Gasteiger partial charge >= 0.3 is 5.69 Å². The van der Waals surface area contributed by atoms with Gasteiger partial charge in [-0.2, -0.15) is 0 Å². The van der Waals surface area contributed by atoms with Crippen LogP contribution in [0.15, 0.2) is 52.4 Å². The Morgan fingerprint density at radius 2 is 2.07 bits per heavy atom. The maximum Gasteiger partial charge on any atom is 0.350 e. The van der Waals surface area contributed by atoms with Crippen molar-refractivity contribution in [2.24, 2.45) is 0 Å². The number of nitrogens with zero attached hydrogens (tertiary/aromatic N) is 4. The molecule has 3 aromatic rings. The Morgan fingerprint density at radius 3 is 2.81 bits per heavy atom. The van der Waals surface area contributed by atoms with E-state index in [1.807, 2.05) is 4.72 Å². The van der Waals surface area contributed by atoms with Gasteiger partial charge in [-0.1, -0.05) is 6.07 Å². The standard InChI is InChI=1S/C16H17N5O5S/c1-2-26-15-12(6-5-9-17-15)27(24,25)19-14(22)8-11-21-16(23)20-10-4-3-7-13(20)18-21/h3-7,9-10H,2,8,11H2,1H3,(H,19,22). The molecule has 0 spiro atoms. The number of ether oxygens (including phenoxy) is 1. The molecular weight excluding hydrogens is 374 g/mol. The van der Waals surface area contributed by atoms with Crippen LogP contribution in [-0.4, -0.2) is 40.1 Å². The van der Waals surface area contributed by atoms with Crippen molar-refractivity contribution in [2.45, 2.75) is 24.8 Å². The molecule has 0 saturated carbocycles. The van der Waals surface area contributed by atoms with Gasteiger partial charge in [0, 0.05) is 18.8 Å². The summed E-state index contributed by atoms with van der Waals surface area (Å²) in [5.74, 6) is -0.859. The average molecular weight is 391 g/mol. The second-order valence-corrected chi connectivity index (χ2v) is 7.10. The zero-order valence-corrected chi connectivity index (χ0v) is 15.2. The minimum absolute atomic E-state index is 0.0623. The SMILES string of the molecule is CCOc1ncccc1S(=O)(=O)NC(=O)CCn1nc2ccccn2c1=O. The van der Waals surface area contributed by atoms with Crippen LogP contribution in [-0.2, 0) is 21.4 Å². The fourth-order valence-corrected chi connectivity index (χ4v) is 3.51. The van der Waals surface area contributed by atoms with Gasteiger partial charge in [0.15, 0.2) is 5.65 Å². The molecule has 0 unspecified atom stereocenters. The van der Waals surface area contributed by atoms with Crippen molar-refractivity contribution in [2.75, 3.05) is 6.61 Å². The first-order valence-electron chi connectivity index (χ1n) is 8.10. The highest BCUT2D eigenvalue weighted by Gasteiger charge is 2.23. The molecular formula is C16H17N5O5S. The Hall–Kier alpha value is -3.21. The van der Waals surface area contributed by atoms with Gasteiger partial charge in [0.25, 0.3) is 10.0 Å². The van der Waals surface area contributed by atoms with Gasteiger partial charge in [0.2, 0.25) is 11.8 Å². The molecule has 142 valence electrons. The molecule has 0 atom stereocenters. The summed E-state index contributed by atoms with van der Waals surface area (Å²) in [6.45, 7) is 1.85. The van der Waals surface area contributed by atoms with Gasteiger partial charge in [-0.25, -0.2) is 27.6 Å². The van der Waals surface area contributed by atoms with Crippen LogP contribution >= 0.6 is 0 Å². The molecule has 0 radical (unpaired) electrons. The monoisotopic (exact) mass is 391 g/mol. The third-order valence-electron chi connectivity index (χ3n) is 3.59. The first kappa shape index (κ1) is 18.6. The maximum atomic E-state index is 12.4. The molecule has 0 aliphatic carbocycles. The molecule has 1 amide bonds. The number of sulfonamides is 1. The normalized spacial score (nSPS) is 11.4. The molecule has 11 heteroatoms. The number of nitrogens with one attached hydrogen (secondary N) is 1. The van der Waals surface area contributed by atoms with Crippen LogP contribution in [0.2, 0.25) is 0 Å². The summed E-state index contributed by atoms with van der Waals surface area (Å²) < 4.78 is 34.4. The average Bonchev–Trinajstić information content (AvgIpc) is 2.96. The van der Waals surface area contributed by atoms with Crippen LogP contribution < -0.4 is 15.1 Å². The summed E-state index contributed by atoms with van der Waals surface area (Å²) in [4.78, 5) is 27.9. The van der Waals surface area contributed by atoms with Crippen molar-refractivity contribution in [3.8, 4) is 5.88 Å². The van der Waals surface area contributed by atoms with Gasteiger partial charge in [-0.15, -0.1) is 5.10 Å². The van der Waals surface area contributed by atoms with Crippen LogP contribution in [0.4, 0.5) is 0 Å². The van der Waals surface area contributed by atoms with Gasteiger partial charge in [0.1, 0.15) is 4.90 Å². The Labute approximate surface area is 154 Å². The Bertz CT molecular complexity index is 1140. The second-order valence-electron chi connectivity index (χ2n) is 5.45. The summed E-state index contributed by atoms with van der Waals surface area (Å²) in [5.41, 5.74) is 0.0272. The van der Waals surface area contributed by atoms with Crippen LogP contribution in [0, 0.1) is 0 Å².